The first kappa shape index (κ1) is 33.7. The molecule has 0 bridgehead atoms. The van der Waals surface area contributed by atoms with Crippen molar-refractivity contribution in [2.24, 2.45) is 10.9 Å². The molecule has 44 heavy (non-hydrogen) atoms. The van der Waals surface area contributed by atoms with Crippen molar-refractivity contribution in [1.82, 2.24) is 4.90 Å². The van der Waals surface area contributed by atoms with Gasteiger partial charge in [-0.1, -0.05) is 47.6 Å². The van der Waals surface area contributed by atoms with Crippen molar-refractivity contribution in [3.05, 3.63) is 98.6 Å². The normalized spacial score (nSPS) is 12.2. The van der Waals surface area contributed by atoms with Crippen LogP contribution in [0.2, 0.25) is 0 Å². The molecule has 3 aromatic carbocycles. The van der Waals surface area contributed by atoms with E-state index >= 15 is 0 Å². The van der Waals surface area contributed by atoms with Crippen LogP contribution in [0.15, 0.2) is 65.8 Å². The zero-order chi connectivity index (χ0) is 32.8. The van der Waals surface area contributed by atoms with Gasteiger partial charge in [-0.25, -0.2) is 4.79 Å². The van der Waals surface area contributed by atoms with Crippen LogP contribution in [0.4, 0.5) is 18.9 Å². The fraction of sp³-hybridized carbons (Fsp3) is 0.323. The number of halogens is 3. The van der Waals surface area contributed by atoms with Crippen molar-refractivity contribution >= 4 is 23.5 Å². The number of carbonyl (C=O) groups excluding carboxylic acids is 2. The molecule has 13 heteroatoms. The van der Waals surface area contributed by atoms with Crippen LogP contribution in [0.5, 0.6) is 0 Å². The number of aryl methyl sites for hydroxylation is 1. The first-order valence-electron chi connectivity index (χ1n) is 13.5. The standard InChI is InChI=1S/C31H33F3N4O6/c1-19-8-6-7-9-23(19)24-13-12-21(16-25(24)31(32,33)34)29(40)44-36-28(35)20-10-11-22(26(17-20)38(41)42)18-37(5)15-14-27(39)43-30(2,3)4/h6-13,16-17H,14-15,18H2,1-5H3,(H2,35,36). The van der Waals surface area contributed by atoms with E-state index in [1.165, 1.54) is 24.3 Å². The van der Waals surface area contributed by atoms with Crippen LogP contribution in [-0.2, 0) is 27.1 Å². The summed E-state index contributed by atoms with van der Waals surface area (Å²) < 4.78 is 47.0. The Morgan fingerprint density at radius 3 is 2.27 bits per heavy atom. The first-order chi connectivity index (χ1) is 20.5. The highest BCUT2D eigenvalue weighted by atomic mass is 19.4. The number of amidine groups is 1. The molecule has 0 aliphatic carbocycles. The molecule has 3 aromatic rings. The molecule has 0 atom stereocenters. The lowest BCUT2D eigenvalue weighted by Gasteiger charge is -2.21. The number of nitro groups is 1. The largest absolute Gasteiger partial charge is 0.460 e. The van der Waals surface area contributed by atoms with Gasteiger partial charge in [0.15, 0.2) is 5.84 Å². The highest BCUT2D eigenvalue weighted by molar-refractivity contribution is 5.99. The van der Waals surface area contributed by atoms with Gasteiger partial charge in [0, 0.05) is 30.3 Å². The topological polar surface area (TPSA) is 137 Å². The van der Waals surface area contributed by atoms with Crippen LogP contribution < -0.4 is 5.73 Å². The summed E-state index contributed by atoms with van der Waals surface area (Å²) in [6.45, 7) is 7.35. The minimum Gasteiger partial charge on any atom is -0.460 e. The molecule has 3 rings (SSSR count). The molecule has 0 spiro atoms. The van der Waals surface area contributed by atoms with Gasteiger partial charge in [-0.05, 0) is 63.6 Å². The number of hydrogen-bond donors (Lipinski definition) is 1. The Balaban J connectivity index is 1.76. The second kappa shape index (κ2) is 13.7. The second-order valence-electron chi connectivity index (χ2n) is 11.1. The fourth-order valence-corrected chi connectivity index (χ4v) is 4.28. The number of ether oxygens (including phenoxy) is 1. The third-order valence-corrected chi connectivity index (χ3v) is 6.36. The molecule has 0 unspecified atom stereocenters. The smallest absolute Gasteiger partial charge is 0.417 e. The average Bonchev–Trinajstić information content (AvgIpc) is 2.93. The number of oxime groups is 1. The molecule has 0 radical (unpaired) electrons. The van der Waals surface area contributed by atoms with Gasteiger partial charge in [-0.15, -0.1) is 0 Å². The van der Waals surface area contributed by atoms with Crippen molar-refractivity contribution in [2.75, 3.05) is 13.6 Å². The summed E-state index contributed by atoms with van der Waals surface area (Å²) in [5, 5.41) is 15.3. The van der Waals surface area contributed by atoms with E-state index in [1.807, 2.05) is 0 Å². The predicted molar refractivity (Wildman–Crippen MR) is 158 cm³/mol. The van der Waals surface area contributed by atoms with Crippen molar-refractivity contribution in [1.29, 1.82) is 0 Å². The van der Waals surface area contributed by atoms with Gasteiger partial charge >= 0.3 is 18.1 Å². The number of benzene rings is 3. The number of rotatable bonds is 10. The van der Waals surface area contributed by atoms with E-state index in [1.54, 1.807) is 63.9 Å². The Hall–Kier alpha value is -4.78. The number of carbonyl (C=O) groups is 2. The zero-order valence-corrected chi connectivity index (χ0v) is 24.9. The van der Waals surface area contributed by atoms with E-state index in [-0.39, 0.29) is 36.3 Å². The van der Waals surface area contributed by atoms with Gasteiger partial charge in [-0.2, -0.15) is 13.2 Å². The third-order valence-electron chi connectivity index (χ3n) is 6.36. The number of nitro benzene ring substituents is 1. The summed E-state index contributed by atoms with van der Waals surface area (Å²) in [6.07, 6.45) is -4.68. The van der Waals surface area contributed by atoms with Crippen LogP contribution >= 0.6 is 0 Å². The molecule has 0 saturated heterocycles. The SMILES string of the molecule is Cc1ccccc1-c1ccc(C(=O)O/N=C(\N)c2ccc(CN(C)CCC(=O)OC(C)(C)C)c([N+](=O)[O-])c2)cc1C(F)(F)F. The molecule has 10 nitrogen and oxygen atoms in total. The Bertz CT molecular complexity index is 1580. The van der Waals surface area contributed by atoms with Gasteiger partial charge in [0.1, 0.15) is 5.60 Å². The number of hydrogen-bond acceptors (Lipinski definition) is 8. The average molecular weight is 615 g/mol. The van der Waals surface area contributed by atoms with Crippen molar-refractivity contribution in [2.45, 2.75) is 52.4 Å². The van der Waals surface area contributed by atoms with Crippen LogP contribution in [0.25, 0.3) is 11.1 Å². The molecule has 2 N–H and O–H groups in total. The van der Waals surface area contributed by atoms with E-state index in [9.17, 15) is 32.9 Å². The molecule has 0 aliphatic heterocycles. The molecule has 0 aromatic heterocycles. The zero-order valence-electron chi connectivity index (χ0n) is 24.9. The second-order valence-corrected chi connectivity index (χ2v) is 11.1. The Morgan fingerprint density at radius 1 is 1.00 bits per heavy atom. The van der Waals surface area contributed by atoms with E-state index in [0.717, 1.165) is 6.07 Å². The molecule has 234 valence electrons. The van der Waals surface area contributed by atoms with Gasteiger partial charge in [0.2, 0.25) is 0 Å². The molecule has 0 heterocycles. The molecular weight excluding hydrogens is 581 g/mol. The van der Waals surface area contributed by atoms with Gasteiger partial charge in [0.05, 0.1) is 22.5 Å². The van der Waals surface area contributed by atoms with Crippen LogP contribution in [0, 0.1) is 17.0 Å². The molecule has 0 fully saturated rings. The van der Waals surface area contributed by atoms with E-state index in [0.29, 0.717) is 22.8 Å². The summed E-state index contributed by atoms with van der Waals surface area (Å²) >= 11 is 0. The van der Waals surface area contributed by atoms with Crippen LogP contribution in [0.1, 0.15) is 59.8 Å². The molecule has 0 aliphatic rings. The van der Waals surface area contributed by atoms with Gasteiger partial charge in [0.25, 0.3) is 5.69 Å². The summed E-state index contributed by atoms with van der Waals surface area (Å²) in [6, 6.07) is 13.6. The monoisotopic (exact) mass is 614 g/mol. The van der Waals surface area contributed by atoms with Crippen molar-refractivity contribution < 1.29 is 37.3 Å². The van der Waals surface area contributed by atoms with Crippen molar-refractivity contribution in [3.8, 4) is 11.1 Å². The quantitative estimate of drug-likeness (QED) is 0.0709. The highest BCUT2D eigenvalue weighted by Crippen LogP contribution is 2.39. The number of alkyl halides is 3. The van der Waals surface area contributed by atoms with Gasteiger partial charge < -0.3 is 20.2 Å². The highest BCUT2D eigenvalue weighted by Gasteiger charge is 2.35. The Labute approximate surface area is 252 Å². The van der Waals surface area contributed by atoms with Crippen LogP contribution in [-0.4, -0.2) is 46.8 Å². The maximum absolute atomic E-state index is 13.9. The lowest BCUT2D eigenvalue weighted by Crippen LogP contribution is -2.27. The number of esters is 1. The maximum atomic E-state index is 13.9. The third kappa shape index (κ3) is 9.11. The van der Waals surface area contributed by atoms with Crippen LogP contribution in [0.3, 0.4) is 0 Å². The van der Waals surface area contributed by atoms with E-state index < -0.39 is 45.6 Å². The van der Waals surface area contributed by atoms with Crippen molar-refractivity contribution in [3.63, 3.8) is 0 Å². The summed E-state index contributed by atoms with van der Waals surface area (Å²) in [5.41, 5.74) is 4.80. The number of nitrogens with zero attached hydrogens (tertiary/aromatic N) is 3. The lowest BCUT2D eigenvalue weighted by molar-refractivity contribution is -0.385. The molecule has 0 amide bonds. The van der Waals surface area contributed by atoms with E-state index in [4.69, 9.17) is 15.3 Å². The minimum absolute atomic E-state index is 0.0514. The summed E-state index contributed by atoms with van der Waals surface area (Å²) in [5.74, 6) is -2.00. The predicted octanol–water partition coefficient (Wildman–Crippen LogP) is 6.23. The fourth-order valence-electron chi connectivity index (χ4n) is 4.28. The summed E-state index contributed by atoms with van der Waals surface area (Å²) in [4.78, 5) is 42.3. The first-order valence-corrected chi connectivity index (χ1v) is 13.5. The maximum Gasteiger partial charge on any atom is 0.417 e. The molecule has 0 saturated carbocycles. The lowest BCUT2D eigenvalue weighted by atomic mass is 9.94. The Morgan fingerprint density at radius 2 is 1.66 bits per heavy atom. The Kier molecular flexibility index (Phi) is 10.5. The molecular formula is C31H33F3N4O6. The van der Waals surface area contributed by atoms with Gasteiger partial charge in [-0.3, -0.25) is 14.9 Å². The van der Waals surface area contributed by atoms with E-state index in [2.05, 4.69) is 5.16 Å². The minimum atomic E-state index is -4.76. The summed E-state index contributed by atoms with van der Waals surface area (Å²) in [7, 11) is 1.69. The number of nitrogens with two attached hydrogens (primary N) is 1.